The van der Waals surface area contributed by atoms with E-state index in [-0.39, 0.29) is 11.6 Å². The third-order valence-electron chi connectivity index (χ3n) is 2.86. The molecule has 1 aromatic heterocycles. The number of pyridine rings is 1. The second kappa shape index (κ2) is 5.55. The van der Waals surface area contributed by atoms with E-state index >= 15 is 0 Å². The van der Waals surface area contributed by atoms with Gasteiger partial charge in [0.05, 0.1) is 4.92 Å². The Kier molecular flexibility index (Phi) is 4.37. The molecule has 0 fully saturated rings. The Labute approximate surface area is 95.0 Å². The lowest BCUT2D eigenvalue weighted by molar-refractivity contribution is -0.385. The number of rotatable bonds is 5. The molecular weight excluding hydrogens is 206 g/mol. The number of nitro groups is 1. The van der Waals surface area contributed by atoms with Crippen molar-refractivity contribution in [3.63, 3.8) is 0 Å². The van der Waals surface area contributed by atoms with Gasteiger partial charge in [-0.05, 0) is 26.5 Å². The highest BCUT2D eigenvalue weighted by atomic mass is 16.6. The Morgan fingerprint density at radius 1 is 1.56 bits per heavy atom. The summed E-state index contributed by atoms with van der Waals surface area (Å²) in [4.78, 5) is 14.2. The molecule has 0 aromatic carbocycles. The Bertz CT molecular complexity index is 351. The summed E-state index contributed by atoms with van der Waals surface area (Å²) in [7, 11) is 1.90. The summed E-state index contributed by atoms with van der Waals surface area (Å²) in [6, 6.07) is 3.55. The van der Waals surface area contributed by atoms with Crippen molar-refractivity contribution in [3.8, 4) is 0 Å². The molecule has 1 aromatic rings. The summed E-state index contributed by atoms with van der Waals surface area (Å²) < 4.78 is 0. The van der Waals surface area contributed by atoms with Gasteiger partial charge in [0.25, 0.3) is 5.69 Å². The summed E-state index contributed by atoms with van der Waals surface area (Å²) in [5.41, 5.74) is 0.936. The van der Waals surface area contributed by atoms with Gasteiger partial charge in [-0.25, -0.2) is 0 Å². The van der Waals surface area contributed by atoms with Crippen LogP contribution in [0.25, 0.3) is 0 Å². The minimum atomic E-state index is -0.431. The van der Waals surface area contributed by atoms with E-state index in [0.29, 0.717) is 6.04 Å². The van der Waals surface area contributed by atoms with E-state index in [1.54, 1.807) is 6.07 Å². The number of nitrogens with one attached hydrogen (secondary N) is 1. The number of likely N-dealkylation sites (N-methyl/N-ethyl adjacent to an activating group) is 1. The lowest BCUT2D eigenvalue weighted by Gasteiger charge is -2.21. The van der Waals surface area contributed by atoms with Gasteiger partial charge in [-0.2, -0.15) is 0 Å². The summed E-state index contributed by atoms with van der Waals surface area (Å²) >= 11 is 0. The van der Waals surface area contributed by atoms with E-state index in [1.807, 2.05) is 7.05 Å². The van der Waals surface area contributed by atoms with Gasteiger partial charge < -0.3 is 5.32 Å². The fourth-order valence-corrected chi connectivity index (χ4v) is 1.74. The first-order valence-electron chi connectivity index (χ1n) is 5.37. The molecule has 0 aliphatic carbocycles. The van der Waals surface area contributed by atoms with Crippen LogP contribution < -0.4 is 5.32 Å². The van der Waals surface area contributed by atoms with Crippen molar-refractivity contribution >= 4 is 5.69 Å². The maximum atomic E-state index is 10.5. The molecule has 1 rings (SSSR count). The van der Waals surface area contributed by atoms with Gasteiger partial charge in [-0.1, -0.05) is 6.92 Å². The molecule has 0 bridgehead atoms. The molecule has 1 N–H and O–H groups in total. The van der Waals surface area contributed by atoms with Gasteiger partial charge in [0, 0.05) is 23.7 Å². The minimum Gasteiger partial charge on any atom is -0.317 e. The van der Waals surface area contributed by atoms with Crippen LogP contribution in [-0.2, 0) is 0 Å². The third-order valence-corrected chi connectivity index (χ3v) is 2.86. The van der Waals surface area contributed by atoms with E-state index < -0.39 is 4.92 Å². The van der Waals surface area contributed by atoms with Crippen molar-refractivity contribution in [2.45, 2.75) is 32.2 Å². The van der Waals surface area contributed by atoms with Gasteiger partial charge in [-0.15, -0.1) is 0 Å². The molecule has 0 saturated heterocycles. The molecule has 0 amide bonds. The standard InChI is InChI=1S/C11H17N3O2/c1-4-10(8(2)12-3)11-6-5-9(7-13-11)14(15)16/h5-8,10,12H,4H2,1-3H3. The van der Waals surface area contributed by atoms with Crippen LogP contribution in [0.3, 0.4) is 0 Å². The minimum absolute atomic E-state index is 0.0377. The molecule has 0 aliphatic heterocycles. The second-order valence-corrected chi connectivity index (χ2v) is 3.79. The monoisotopic (exact) mass is 223 g/mol. The first-order valence-corrected chi connectivity index (χ1v) is 5.37. The fraction of sp³-hybridized carbons (Fsp3) is 0.545. The third kappa shape index (κ3) is 2.76. The predicted octanol–water partition coefficient (Wildman–Crippen LogP) is 2.09. The first kappa shape index (κ1) is 12.6. The van der Waals surface area contributed by atoms with Gasteiger partial charge in [0.15, 0.2) is 0 Å². The molecule has 0 radical (unpaired) electrons. The van der Waals surface area contributed by atoms with Crippen LogP contribution in [0.15, 0.2) is 18.3 Å². The van der Waals surface area contributed by atoms with Gasteiger partial charge >= 0.3 is 0 Å². The number of aromatic nitrogens is 1. The van der Waals surface area contributed by atoms with Crippen LogP contribution >= 0.6 is 0 Å². The molecule has 1 heterocycles. The molecule has 88 valence electrons. The summed E-state index contributed by atoms with van der Waals surface area (Å²) in [5.74, 6) is 0.283. The number of hydrogen-bond donors (Lipinski definition) is 1. The molecule has 0 aliphatic rings. The molecule has 2 unspecified atom stereocenters. The van der Waals surface area contributed by atoms with E-state index in [4.69, 9.17) is 0 Å². The Morgan fingerprint density at radius 3 is 2.62 bits per heavy atom. The van der Waals surface area contributed by atoms with Crippen LogP contribution in [0.5, 0.6) is 0 Å². The van der Waals surface area contributed by atoms with E-state index in [0.717, 1.165) is 12.1 Å². The van der Waals surface area contributed by atoms with Crippen molar-refractivity contribution in [3.05, 3.63) is 34.1 Å². The van der Waals surface area contributed by atoms with Gasteiger partial charge in [0.1, 0.15) is 6.20 Å². The molecule has 16 heavy (non-hydrogen) atoms. The topological polar surface area (TPSA) is 68.1 Å². The SMILES string of the molecule is CCC(c1ccc([N+](=O)[O-])cn1)C(C)NC. The second-order valence-electron chi connectivity index (χ2n) is 3.79. The summed E-state index contributed by atoms with van der Waals surface area (Å²) in [6.45, 7) is 4.17. The van der Waals surface area contributed by atoms with Crippen molar-refractivity contribution < 1.29 is 4.92 Å². The smallest absolute Gasteiger partial charge is 0.287 e. The maximum absolute atomic E-state index is 10.5. The van der Waals surface area contributed by atoms with E-state index in [9.17, 15) is 10.1 Å². The van der Waals surface area contributed by atoms with Crippen LogP contribution in [0.2, 0.25) is 0 Å². The molecule has 0 spiro atoms. The zero-order valence-electron chi connectivity index (χ0n) is 9.80. The van der Waals surface area contributed by atoms with E-state index in [2.05, 4.69) is 24.1 Å². The van der Waals surface area contributed by atoms with Crippen molar-refractivity contribution in [1.82, 2.24) is 10.3 Å². The van der Waals surface area contributed by atoms with Crippen molar-refractivity contribution in [2.24, 2.45) is 0 Å². The maximum Gasteiger partial charge on any atom is 0.287 e. The normalized spacial score (nSPS) is 14.4. The lowest BCUT2D eigenvalue weighted by atomic mass is 9.94. The Hall–Kier alpha value is -1.49. The zero-order valence-corrected chi connectivity index (χ0v) is 9.80. The number of hydrogen-bond acceptors (Lipinski definition) is 4. The fourth-order valence-electron chi connectivity index (χ4n) is 1.74. The van der Waals surface area contributed by atoms with Gasteiger partial charge in [0.2, 0.25) is 0 Å². The molecule has 5 nitrogen and oxygen atoms in total. The van der Waals surface area contributed by atoms with E-state index in [1.165, 1.54) is 12.3 Å². The van der Waals surface area contributed by atoms with Crippen LogP contribution in [0.1, 0.15) is 31.9 Å². The molecular formula is C11H17N3O2. The number of nitrogens with zero attached hydrogens (tertiary/aromatic N) is 2. The Morgan fingerprint density at radius 2 is 2.25 bits per heavy atom. The average molecular weight is 223 g/mol. The lowest BCUT2D eigenvalue weighted by Crippen LogP contribution is -2.29. The van der Waals surface area contributed by atoms with Crippen LogP contribution in [0, 0.1) is 10.1 Å². The van der Waals surface area contributed by atoms with Crippen LogP contribution in [-0.4, -0.2) is 23.0 Å². The molecule has 2 atom stereocenters. The predicted molar refractivity (Wildman–Crippen MR) is 62.4 cm³/mol. The summed E-state index contributed by atoms with van der Waals surface area (Å²) in [6.07, 6.45) is 2.27. The highest BCUT2D eigenvalue weighted by Crippen LogP contribution is 2.22. The van der Waals surface area contributed by atoms with Gasteiger partial charge in [-0.3, -0.25) is 15.1 Å². The molecule has 5 heteroatoms. The Balaban J connectivity index is 2.90. The van der Waals surface area contributed by atoms with Crippen LogP contribution in [0.4, 0.5) is 5.69 Å². The largest absolute Gasteiger partial charge is 0.317 e. The quantitative estimate of drug-likeness (QED) is 0.613. The van der Waals surface area contributed by atoms with Crippen molar-refractivity contribution in [2.75, 3.05) is 7.05 Å². The highest BCUT2D eigenvalue weighted by Gasteiger charge is 2.18. The molecule has 0 saturated carbocycles. The van der Waals surface area contributed by atoms with Crippen molar-refractivity contribution in [1.29, 1.82) is 0 Å². The zero-order chi connectivity index (χ0) is 12.1. The average Bonchev–Trinajstić information content (AvgIpc) is 2.30. The highest BCUT2D eigenvalue weighted by molar-refractivity contribution is 5.28. The first-order chi connectivity index (χ1) is 7.60. The summed E-state index contributed by atoms with van der Waals surface area (Å²) in [5, 5.41) is 13.7.